The van der Waals surface area contributed by atoms with Crippen LogP contribution < -0.4 is 0 Å². The standard InChI is InChI=1S/C14H16N2O4/c1-16(12-4-5-20-9-12)14(19)11-6-10(7-15-8-11)2-3-13(17)18/h2-3,6-8,12H,4-5,9H2,1H3,(H,17,18)/b3-2+. The molecule has 1 aliphatic rings. The van der Waals surface area contributed by atoms with Gasteiger partial charge in [-0.05, 0) is 24.1 Å². The van der Waals surface area contributed by atoms with Gasteiger partial charge in [0.15, 0.2) is 0 Å². The minimum absolute atomic E-state index is 0.0840. The van der Waals surface area contributed by atoms with Gasteiger partial charge in [-0.1, -0.05) is 0 Å². The number of ether oxygens (including phenoxy) is 1. The second-order valence-corrected chi connectivity index (χ2v) is 4.61. The van der Waals surface area contributed by atoms with Crippen LogP contribution in [0.3, 0.4) is 0 Å². The Bertz CT molecular complexity index is 536. The van der Waals surface area contributed by atoms with Gasteiger partial charge in [0.25, 0.3) is 5.91 Å². The Morgan fingerprint density at radius 3 is 2.95 bits per heavy atom. The molecule has 1 aromatic rings. The van der Waals surface area contributed by atoms with Gasteiger partial charge in [0.1, 0.15) is 0 Å². The second kappa shape index (κ2) is 6.29. The van der Waals surface area contributed by atoms with Gasteiger partial charge in [0, 0.05) is 32.1 Å². The predicted molar refractivity (Wildman–Crippen MR) is 72.2 cm³/mol. The maximum Gasteiger partial charge on any atom is 0.328 e. The fourth-order valence-corrected chi connectivity index (χ4v) is 2.03. The third kappa shape index (κ3) is 3.42. The van der Waals surface area contributed by atoms with Crippen LogP contribution in [0.5, 0.6) is 0 Å². The Labute approximate surface area is 116 Å². The van der Waals surface area contributed by atoms with Gasteiger partial charge in [0.05, 0.1) is 18.2 Å². The zero-order valence-corrected chi connectivity index (χ0v) is 11.2. The van der Waals surface area contributed by atoms with Crippen LogP contribution in [0, 0.1) is 0 Å². The first kappa shape index (κ1) is 14.2. The number of hydrogen-bond acceptors (Lipinski definition) is 4. The number of hydrogen-bond donors (Lipinski definition) is 1. The van der Waals surface area contributed by atoms with Crippen LogP contribution in [0.1, 0.15) is 22.3 Å². The van der Waals surface area contributed by atoms with E-state index in [1.54, 1.807) is 18.0 Å². The summed E-state index contributed by atoms with van der Waals surface area (Å²) in [4.78, 5) is 28.4. The number of amides is 1. The zero-order chi connectivity index (χ0) is 14.5. The Morgan fingerprint density at radius 1 is 1.50 bits per heavy atom. The number of carboxylic acid groups (broad SMARTS) is 1. The molecular weight excluding hydrogens is 260 g/mol. The average molecular weight is 276 g/mol. The van der Waals surface area contributed by atoms with E-state index in [9.17, 15) is 9.59 Å². The number of carboxylic acids is 1. The monoisotopic (exact) mass is 276 g/mol. The van der Waals surface area contributed by atoms with E-state index in [-0.39, 0.29) is 11.9 Å². The SMILES string of the molecule is CN(C(=O)c1cncc(/C=C/C(=O)O)c1)C1CCOC1. The summed E-state index contributed by atoms with van der Waals surface area (Å²) in [5.74, 6) is -1.18. The highest BCUT2D eigenvalue weighted by atomic mass is 16.5. The van der Waals surface area contributed by atoms with E-state index in [1.165, 1.54) is 18.5 Å². The lowest BCUT2D eigenvalue weighted by Gasteiger charge is -2.23. The molecule has 1 fully saturated rings. The van der Waals surface area contributed by atoms with Crippen LogP contribution in [0.25, 0.3) is 6.08 Å². The normalized spacial score (nSPS) is 18.4. The van der Waals surface area contributed by atoms with Crippen molar-refractivity contribution < 1.29 is 19.4 Å². The Morgan fingerprint density at radius 2 is 2.30 bits per heavy atom. The number of aromatic nitrogens is 1. The summed E-state index contributed by atoms with van der Waals surface area (Å²) in [6.45, 7) is 1.22. The molecule has 106 valence electrons. The summed E-state index contributed by atoms with van der Waals surface area (Å²) >= 11 is 0. The summed E-state index contributed by atoms with van der Waals surface area (Å²) in [6.07, 6.45) is 6.24. The summed E-state index contributed by atoms with van der Waals surface area (Å²) < 4.78 is 5.27. The second-order valence-electron chi connectivity index (χ2n) is 4.61. The molecule has 0 bridgehead atoms. The molecule has 1 amide bonds. The van der Waals surface area contributed by atoms with Gasteiger partial charge >= 0.3 is 5.97 Å². The molecule has 0 aromatic carbocycles. The minimum Gasteiger partial charge on any atom is -0.478 e. The topological polar surface area (TPSA) is 79.7 Å². The van der Waals surface area contributed by atoms with E-state index in [0.29, 0.717) is 24.3 Å². The summed E-state index contributed by atoms with van der Waals surface area (Å²) in [6, 6.07) is 1.71. The molecule has 0 spiro atoms. The number of rotatable bonds is 4. The van der Waals surface area contributed by atoms with Crippen LogP contribution in [0.2, 0.25) is 0 Å². The smallest absolute Gasteiger partial charge is 0.328 e. The molecule has 6 heteroatoms. The number of pyridine rings is 1. The molecule has 0 aliphatic carbocycles. The maximum atomic E-state index is 12.3. The van der Waals surface area contributed by atoms with Crippen LogP contribution in [-0.4, -0.2) is 53.2 Å². The molecule has 1 atom stereocenters. The van der Waals surface area contributed by atoms with Gasteiger partial charge in [-0.15, -0.1) is 0 Å². The van der Waals surface area contributed by atoms with Gasteiger partial charge in [-0.3, -0.25) is 9.78 Å². The highest BCUT2D eigenvalue weighted by Gasteiger charge is 2.25. The lowest BCUT2D eigenvalue weighted by atomic mass is 10.1. The molecule has 2 rings (SSSR count). The van der Waals surface area contributed by atoms with Crippen molar-refractivity contribution in [2.75, 3.05) is 20.3 Å². The Hall–Kier alpha value is -2.21. The zero-order valence-electron chi connectivity index (χ0n) is 11.2. The van der Waals surface area contributed by atoms with Crippen molar-refractivity contribution in [3.8, 4) is 0 Å². The maximum absolute atomic E-state index is 12.3. The van der Waals surface area contributed by atoms with Gasteiger partial charge < -0.3 is 14.7 Å². The lowest BCUT2D eigenvalue weighted by Crippen LogP contribution is -2.37. The fraction of sp³-hybridized carbons (Fsp3) is 0.357. The molecule has 1 unspecified atom stereocenters. The van der Waals surface area contributed by atoms with E-state index >= 15 is 0 Å². The molecule has 0 radical (unpaired) electrons. The van der Waals surface area contributed by atoms with E-state index in [0.717, 1.165) is 12.5 Å². The molecule has 1 aromatic heterocycles. The average Bonchev–Trinajstić information content (AvgIpc) is 2.98. The first-order valence-corrected chi connectivity index (χ1v) is 6.29. The third-order valence-corrected chi connectivity index (χ3v) is 3.20. The van der Waals surface area contributed by atoms with Crippen molar-refractivity contribution in [3.63, 3.8) is 0 Å². The molecule has 6 nitrogen and oxygen atoms in total. The predicted octanol–water partition coefficient (Wildman–Crippen LogP) is 1.04. The molecule has 0 saturated carbocycles. The van der Waals surface area contributed by atoms with Crippen molar-refractivity contribution >= 4 is 18.0 Å². The van der Waals surface area contributed by atoms with Crippen LogP contribution in [0.15, 0.2) is 24.5 Å². The van der Waals surface area contributed by atoms with Crippen molar-refractivity contribution in [1.29, 1.82) is 0 Å². The van der Waals surface area contributed by atoms with Crippen LogP contribution in [0.4, 0.5) is 0 Å². The van der Waals surface area contributed by atoms with E-state index in [4.69, 9.17) is 9.84 Å². The van der Waals surface area contributed by atoms with Crippen LogP contribution >= 0.6 is 0 Å². The molecule has 20 heavy (non-hydrogen) atoms. The van der Waals surface area contributed by atoms with Gasteiger partial charge in [-0.25, -0.2) is 4.79 Å². The first-order chi connectivity index (χ1) is 9.58. The Kier molecular flexibility index (Phi) is 4.47. The number of carbonyl (C=O) groups is 2. The van der Waals surface area contributed by atoms with E-state index < -0.39 is 5.97 Å². The molecule has 1 N–H and O–H groups in total. The van der Waals surface area contributed by atoms with Gasteiger partial charge in [-0.2, -0.15) is 0 Å². The summed E-state index contributed by atoms with van der Waals surface area (Å²) in [7, 11) is 1.74. The number of likely N-dealkylation sites (N-methyl/N-ethyl adjacent to an activating group) is 1. The molecule has 1 aliphatic heterocycles. The van der Waals surface area contributed by atoms with Gasteiger partial charge in [0.2, 0.25) is 0 Å². The first-order valence-electron chi connectivity index (χ1n) is 6.29. The summed E-state index contributed by atoms with van der Waals surface area (Å²) in [5, 5.41) is 8.59. The van der Waals surface area contributed by atoms with Crippen molar-refractivity contribution in [2.24, 2.45) is 0 Å². The molecule has 1 saturated heterocycles. The van der Waals surface area contributed by atoms with E-state index in [2.05, 4.69) is 4.98 Å². The van der Waals surface area contributed by atoms with E-state index in [1.807, 2.05) is 0 Å². The number of carbonyl (C=O) groups excluding carboxylic acids is 1. The molecular formula is C14H16N2O4. The van der Waals surface area contributed by atoms with Crippen molar-refractivity contribution in [1.82, 2.24) is 9.88 Å². The van der Waals surface area contributed by atoms with Crippen LogP contribution in [-0.2, 0) is 9.53 Å². The number of nitrogens with zero attached hydrogens (tertiary/aromatic N) is 2. The van der Waals surface area contributed by atoms with Crippen molar-refractivity contribution in [3.05, 3.63) is 35.7 Å². The fourth-order valence-electron chi connectivity index (χ4n) is 2.03. The number of aliphatic carboxylic acids is 1. The van der Waals surface area contributed by atoms with Crippen molar-refractivity contribution in [2.45, 2.75) is 12.5 Å². The highest BCUT2D eigenvalue weighted by molar-refractivity contribution is 5.94. The summed E-state index contributed by atoms with van der Waals surface area (Å²) in [5.41, 5.74) is 1.02. The largest absolute Gasteiger partial charge is 0.478 e. The minimum atomic E-state index is -1.04. The Balaban J connectivity index is 2.13. The highest BCUT2D eigenvalue weighted by Crippen LogP contribution is 2.14. The molecule has 2 heterocycles. The third-order valence-electron chi connectivity index (χ3n) is 3.20. The lowest BCUT2D eigenvalue weighted by molar-refractivity contribution is -0.131. The quantitative estimate of drug-likeness (QED) is 0.831.